The number of aromatic nitrogens is 1. The van der Waals surface area contributed by atoms with E-state index in [9.17, 15) is 4.79 Å². The molecule has 102 valence electrons. The SMILES string of the molecule is COc1ccc(C2CCCc3cccnc32)c(C=O)c1. The van der Waals surface area contributed by atoms with Gasteiger partial charge in [-0.1, -0.05) is 12.1 Å². The lowest BCUT2D eigenvalue weighted by Crippen LogP contribution is -2.14. The fraction of sp³-hybridized carbons (Fsp3) is 0.294. The van der Waals surface area contributed by atoms with E-state index in [0.29, 0.717) is 11.3 Å². The van der Waals surface area contributed by atoms with Crippen LogP contribution in [0.3, 0.4) is 0 Å². The third kappa shape index (κ3) is 2.20. The first-order valence-corrected chi connectivity index (χ1v) is 6.90. The minimum absolute atomic E-state index is 0.214. The Labute approximate surface area is 118 Å². The van der Waals surface area contributed by atoms with Gasteiger partial charge in [0.1, 0.15) is 12.0 Å². The van der Waals surface area contributed by atoms with Crippen molar-refractivity contribution in [3.8, 4) is 5.75 Å². The molecule has 0 aliphatic heterocycles. The molecule has 3 heteroatoms. The third-order valence-electron chi connectivity index (χ3n) is 3.99. The first-order valence-electron chi connectivity index (χ1n) is 6.90. The lowest BCUT2D eigenvalue weighted by Gasteiger charge is -2.25. The quantitative estimate of drug-likeness (QED) is 0.800. The van der Waals surface area contributed by atoms with Crippen LogP contribution in [0.4, 0.5) is 0 Å². The van der Waals surface area contributed by atoms with E-state index in [2.05, 4.69) is 11.1 Å². The Bertz CT molecular complexity index is 637. The predicted molar refractivity (Wildman–Crippen MR) is 77.4 cm³/mol. The summed E-state index contributed by atoms with van der Waals surface area (Å²) in [5.74, 6) is 0.930. The monoisotopic (exact) mass is 267 g/mol. The van der Waals surface area contributed by atoms with Gasteiger partial charge >= 0.3 is 0 Å². The van der Waals surface area contributed by atoms with Crippen molar-refractivity contribution in [3.05, 3.63) is 58.9 Å². The fourth-order valence-electron chi connectivity index (χ4n) is 3.01. The third-order valence-corrected chi connectivity index (χ3v) is 3.99. The summed E-state index contributed by atoms with van der Waals surface area (Å²) in [5, 5.41) is 0. The molecule has 0 fully saturated rings. The summed E-state index contributed by atoms with van der Waals surface area (Å²) >= 11 is 0. The summed E-state index contributed by atoms with van der Waals surface area (Å²) in [5.41, 5.74) is 4.18. The van der Waals surface area contributed by atoms with E-state index >= 15 is 0 Å². The van der Waals surface area contributed by atoms with Crippen LogP contribution < -0.4 is 4.74 Å². The highest BCUT2D eigenvalue weighted by Crippen LogP contribution is 2.37. The number of nitrogens with zero attached hydrogens (tertiary/aromatic N) is 1. The summed E-state index contributed by atoms with van der Waals surface area (Å²) < 4.78 is 5.19. The molecule has 0 bridgehead atoms. The highest BCUT2D eigenvalue weighted by Gasteiger charge is 2.24. The van der Waals surface area contributed by atoms with Gasteiger partial charge in [-0.05, 0) is 48.6 Å². The van der Waals surface area contributed by atoms with Gasteiger partial charge in [0, 0.05) is 17.7 Å². The van der Waals surface area contributed by atoms with Gasteiger partial charge < -0.3 is 4.74 Å². The fourth-order valence-corrected chi connectivity index (χ4v) is 3.01. The maximum absolute atomic E-state index is 11.4. The smallest absolute Gasteiger partial charge is 0.150 e. The van der Waals surface area contributed by atoms with Crippen LogP contribution in [0.25, 0.3) is 0 Å². The standard InChI is InChI=1S/C17H17NO2/c1-20-14-7-8-15(13(10-14)11-19)16-6-2-4-12-5-3-9-18-17(12)16/h3,5,7-11,16H,2,4,6H2,1H3. The van der Waals surface area contributed by atoms with Gasteiger partial charge in [0.05, 0.1) is 12.8 Å². The first-order chi connectivity index (χ1) is 9.83. The summed E-state index contributed by atoms with van der Waals surface area (Å²) in [6.07, 6.45) is 5.99. The molecule has 1 unspecified atom stereocenters. The highest BCUT2D eigenvalue weighted by atomic mass is 16.5. The van der Waals surface area contributed by atoms with Crippen molar-refractivity contribution in [1.29, 1.82) is 0 Å². The van der Waals surface area contributed by atoms with Crippen LogP contribution in [-0.2, 0) is 6.42 Å². The van der Waals surface area contributed by atoms with Crippen LogP contribution in [-0.4, -0.2) is 18.4 Å². The zero-order valence-corrected chi connectivity index (χ0v) is 11.5. The maximum Gasteiger partial charge on any atom is 0.150 e. The number of methoxy groups -OCH3 is 1. The van der Waals surface area contributed by atoms with E-state index < -0.39 is 0 Å². The molecule has 0 N–H and O–H groups in total. The Morgan fingerprint density at radius 1 is 1.35 bits per heavy atom. The summed E-state index contributed by atoms with van der Waals surface area (Å²) in [7, 11) is 1.61. The lowest BCUT2D eigenvalue weighted by atomic mass is 9.80. The zero-order chi connectivity index (χ0) is 13.9. The van der Waals surface area contributed by atoms with E-state index in [1.807, 2.05) is 24.4 Å². The molecule has 3 nitrogen and oxygen atoms in total. The topological polar surface area (TPSA) is 39.2 Å². The number of aldehydes is 1. The molecule has 0 radical (unpaired) electrons. The summed E-state index contributed by atoms with van der Waals surface area (Å²) in [6.45, 7) is 0. The van der Waals surface area contributed by atoms with E-state index in [0.717, 1.165) is 36.8 Å². The van der Waals surface area contributed by atoms with Crippen molar-refractivity contribution >= 4 is 6.29 Å². The number of carbonyl (C=O) groups excluding carboxylic acids is 1. The Morgan fingerprint density at radius 2 is 2.25 bits per heavy atom. The van der Waals surface area contributed by atoms with Crippen molar-refractivity contribution in [2.45, 2.75) is 25.2 Å². The Balaban J connectivity index is 2.08. The number of rotatable bonds is 3. The van der Waals surface area contributed by atoms with Gasteiger partial charge in [0.25, 0.3) is 0 Å². The normalized spacial score (nSPS) is 17.4. The lowest BCUT2D eigenvalue weighted by molar-refractivity contribution is 0.112. The molecule has 1 atom stereocenters. The molecule has 1 aliphatic rings. The average Bonchev–Trinajstić information content (AvgIpc) is 2.53. The number of carbonyl (C=O) groups is 1. The van der Waals surface area contributed by atoms with E-state index in [4.69, 9.17) is 4.74 Å². The second kappa shape index (κ2) is 5.45. The van der Waals surface area contributed by atoms with Crippen LogP contribution in [0.2, 0.25) is 0 Å². The van der Waals surface area contributed by atoms with Gasteiger partial charge in [0.2, 0.25) is 0 Å². The molecule has 0 saturated heterocycles. The van der Waals surface area contributed by atoms with Gasteiger partial charge in [-0.15, -0.1) is 0 Å². The van der Waals surface area contributed by atoms with Gasteiger partial charge in [-0.3, -0.25) is 9.78 Å². The second-order valence-electron chi connectivity index (χ2n) is 5.11. The molecule has 1 aromatic heterocycles. The zero-order valence-electron chi connectivity index (χ0n) is 11.5. The Morgan fingerprint density at radius 3 is 3.05 bits per heavy atom. The number of ether oxygens (including phenoxy) is 1. The molecule has 0 spiro atoms. The number of hydrogen-bond acceptors (Lipinski definition) is 3. The van der Waals surface area contributed by atoms with Crippen LogP contribution in [0, 0.1) is 0 Å². The van der Waals surface area contributed by atoms with Crippen molar-refractivity contribution in [2.75, 3.05) is 7.11 Å². The number of hydrogen-bond donors (Lipinski definition) is 0. The number of benzene rings is 1. The second-order valence-corrected chi connectivity index (χ2v) is 5.11. The van der Waals surface area contributed by atoms with Crippen LogP contribution in [0.15, 0.2) is 36.5 Å². The van der Waals surface area contributed by atoms with Crippen LogP contribution in [0.1, 0.15) is 45.9 Å². The number of pyridine rings is 1. The average molecular weight is 267 g/mol. The minimum Gasteiger partial charge on any atom is -0.497 e. The molecule has 1 heterocycles. The number of aryl methyl sites for hydroxylation is 1. The van der Waals surface area contributed by atoms with Gasteiger partial charge in [0.15, 0.2) is 0 Å². The number of fused-ring (bicyclic) bond motifs is 1. The van der Waals surface area contributed by atoms with Crippen molar-refractivity contribution in [2.24, 2.45) is 0 Å². The molecule has 2 aromatic rings. The molecule has 0 saturated carbocycles. The van der Waals surface area contributed by atoms with Crippen LogP contribution in [0.5, 0.6) is 5.75 Å². The van der Waals surface area contributed by atoms with Crippen molar-refractivity contribution in [3.63, 3.8) is 0 Å². The summed E-state index contributed by atoms with van der Waals surface area (Å²) in [4.78, 5) is 15.9. The van der Waals surface area contributed by atoms with Crippen LogP contribution >= 0.6 is 0 Å². The van der Waals surface area contributed by atoms with E-state index in [-0.39, 0.29) is 5.92 Å². The van der Waals surface area contributed by atoms with E-state index in [1.165, 1.54) is 5.56 Å². The van der Waals surface area contributed by atoms with Gasteiger partial charge in [-0.25, -0.2) is 0 Å². The molecular formula is C17H17NO2. The Kier molecular flexibility index (Phi) is 3.50. The molecular weight excluding hydrogens is 250 g/mol. The largest absolute Gasteiger partial charge is 0.497 e. The summed E-state index contributed by atoms with van der Waals surface area (Å²) in [6, 6.07) is 9.84. The minimum atomic E-state index is 0.214. The maximum atomic E-state index is 11.4. The molecule has 0 amide bonds. The van der Waals surface area contributed by atoms with Crippen molar-refractivity contribution in [1.82, 2.24) is 4.98 Å². The molecule has 3 rings (SSSR count). The van der Waals surface area contributed by atoms with Crippen molar-refractivity contribution < 1.29 is 9.53 Å². The molecule has 1 aromatic carbocycles. The van der Waals surface area contributed by atoms with Gasteiger partial charge in [-0.2, -0.15) is 0 Å². The molecule has 20 heavy (non-hydrogen) atoms. The molecule has 1 aliphatic carbocycles. The Hall–Kier alpha value is -2.16. The van der Waals surface area contributed by atoms with E-state index in [1.54, 1.807) is 13.2 Å². The first kappa shape index (κ1) is 12.9. The highest BCUT2D eigenvalue weighted by molar-refractivity contribution is 5.79. The predicted octanol–water partition coefficient (Wildman–Crippen LogP) is 3.37.